The van der Waals surface area contributed by atoms with Gasteiger partial charge in [-0.1, -0.05) is 17.7 Å². The molecule has 0 spiro atoms. The summed E-state index contributed by atoms with van der Waals surface area (Å²) in [4.78, 5) is 25.2. The largest absolute Gasteiger partial charge is 0.494 e. The summed E-state index contributed by atoms with van der Waals surface area (Å²) in [6, 6.07) is 6.85. The zero-order valence-electron chi connectivity index (χ0n) is 18.6. The molecule has 2 aromatic carbocycles. The van der Waals surface area contributed by atoms with Crippen molar-refractivity contribution < 1.29 is 28.5 Å². The average Bonchev–Trinajstić information content (AvgIpc) is 2.76. The van der Waals surface area contributed by atoms with Gasteiger partial charge in [0.1, 0.15) is 11.4 Å². The number of nitrogens with one attached hydrogen (secondary N) is 1. The van der Waals surface area contributed by atoms with Crippen LogP contribution in [0.4, 0.5) is 11.4 Å². The quantitative estimate of drug-likeness (QED) is 0.377. The molecule has 0 aliphatic heterocycles. The van der Waals surface area contributed by atoms with Gasteiger partial charge in [-0.05, 0) is 45.0 Å². The smallest absolute Gasteiger partial charge is 0.259 e. The maximum absolute atomic E-state index is 12.9. The molecule has 0 aliphatic carbocycles. The minimum Gasteiger partial charge on any atom is -0.494 e. The van der Waals surface area contributed by atoms with Crippen LogP contribution in [0.1, 0.15) is 20.8 Å². The average molecular weight is 464 g/mol. The number of nitrogens with zero attached hydrogens (tertiary/aromatic N) is 2. The van der Waals surface area contributed by atoms with Crippen LogP contribution in [-0.4, -0.2) is 45.2 Å². The van der Waals surface area contributed by atoms with E-state index in [4.69, 9.17) is 30.5 Å². The number of amides is 1. The normalized spacial score (nSPS) is 11.7. The van der Waals surface area contributed by atoms with Crippen LogP contribution in [0.25, 0.3) is 0 Å². The van der Waals surface area contributed by atoms with Gasteiger partial charge in [0.2, 0.25) is 6.04 Å². The van der Waals surface area contributed by atoms with Crippen molar-refractivity contribution >= 4 is 34.7 Å². The Morgan fingerprint density at radius 3 is 2.12 bits per heavy atom. The molecular formula is C22H26ClN3O6. The highest BCUT2D eigenvalue weighted by Gasteiger charge is 2.27. The van der Waals surface area contributed by atoms with Gasteiger partial charge in [0, 0.05) is 0 Å². The first-order valence-corrected chi connectivity index (χ1v) is 10.3. The highest BCUT2D eigenvalue weighted by molar-refractivity contribution is 6.33. The highest BCUT2D eigenvalue weighted by Crippen LogP contribution is 2.41. The number of ether oxygens (including phenoxy) is 4. The molecular weight excluding hydrogens is 438 g/mol. The standard InChI is InChI=1S/C22H26ClN3O6/c1-6-31-16-9-8-10-17(32-7-2)19(16)26-25-18(13(3)27)22(28)24-20-15(29-4)12-11-14(23)21(20)30-5/h8-12,18H,6-7H2,1-5H3,(H,24,28). The molecule has 10 heteroatoms. The number of carbonyl (C=O) groups excluding carboxylic acids is 2. The maximum atomic E-state index is 12.9. The van der Waals surface area contributed by atoms with Crippen LogP contribution in [0, 0.1) is 0 Å². The van der Waals surface area contributed by atoms with Crippen molar-refractivity contribution in [3.8, 4) is 23.0 Å². The van der Waals surface area contributed by atoms with Gasteiger partial charge >= 0.3 is 0 Å². The summed E-state index contributed by atoms with van der Waals surface area (Å²) in [5.74, 6) is 0.0919. The van der Waals surface area contributed by atoms with Crippen molar-refractivity contribution in [2.45, 2.75) is 26.8 Å². The summed E-state index contributed by atoms with van der Waals surface area (Å²) >= 11 is 6.15. The fraction of sp³-hybridized carbons (Fsp3) is 0.364. The van der Waals surface area contributed by atoms with E-state index < -0.39 is 17.7 Å². The number of azo groups is 1. The lowest BCUT2D eigenvalue weighted by Crippen LogP contribution is -2.32. The summed E-state index contributed by atoms with van der Waals surface area (Å²) in [5.41, 5.74) is 0.465. The summed E-state index contributed by atoms with van der Waals surface area (Å²) in [6.07, 6.45) is 0. The summed E-state index contributed by atoms with van der Waals surface area (Å²) in [6.45, 7) is 5.68. The second kappa shape index (κ2) is 11.9. The van der Waals surface area contributed by atoms with Crippen LogP contribution in [0.15, 0.2) is 40.6 Å². The summed E-state index contributed by atoms with van der Waals surface area (Å²) in [7, 11) is 2.83. The number of rotatable bonds is 11. The Bertz CT molecular complexity index is 972. The summed E-state index contributed by atoms with van der Waals surface area (Å²) < 4.78 is 21.7. The monoisotopic (exact) mass is 463 g/mol. The first-order chi connectivity index (χ1) is 15.4. The van der Waals surface area contributed by atoms with E-state index >= 15 is 0 Å². The van der Waals surface area contributed by atoms with Crippen molar-refractivity contribution in [2.24, 2.45) is 10.2 Å². The molecule has 9 nitrogen and oxygen atoms in total. The Labute approximate surface area is 191 Å². The molecule has 0 aliphatic rings. The number of hydrogen-bond acceptors (Lipinski definition) is 8. The predicted molar refractivity (Wildman–Crippen MR) is 121 cm³/mol. The molecule has 1 amide bonds. The summed E-state index contributed by atoms with van der Waals surface area (Å²) in [5, 5.41) is 11.0. The van der Waals surface area contributed by atoms with Crippen LogP contribution in [-0.2, 0) is 9.59 Å². The Balaban J connectivity index is 2.41. The van der Waals surface area contributed by atoms with Gasteiger partial charge in [-0.3, -0.25) is 9.59 Å². The lowest BCUT2D eigenvalue weighted by atomic mass is 10.2. The van der Waals surface area contributed by atoms with Gasteiger partial charge in [-0.2, -0.15) is 5.11 Å². The minimum atomic E-state index is -1.44. The van der Waals surface area contributed by atoms with Crippen LogP contribution in [0.5, 0.6) is 23.0 Å². The van der Waals surface area contributed by atoms with E-state index in [0.29, 0.717) is 30.5 Å². The Morgan fingerprint density at radius 2 is 1.62 bits per heavy atom. The molecule has 172 valence electrons. The number of anilines is 1. The Hall–Kier alpha value is -3.33. The lowest BCUT2D eigenvalue weighted by Gasteiger charge is -2.17. The van der Waals surface area contributed by atoms with Crippen molar-refractivity contribution in [1.29, 1.82) is 0 Å². The number of halogens is 1. The molecule has 0 heterocycles. The van der Waals surface area contributed by atoms with E-state index in [2.05, 4.69) is 15.5 Å². The van der Waals surface area contributed by atoms with Crippen LogP contribution >= 0.6 is 11.6 Å². The Morgan fingerprint density at radius 1 is 1.00 bits per heavy atom. The van der Waals surface area contributed by atoms with E-state index in [0.717, 1.165) is 0 Å². The number of carbonyl (C=O) groups is 2. The third-order valence-corrected chi connectivity index (χ3v) is 4.51. The van der Waals surface area contributed by atoms with E-state index in [1.807, 2.05) is 13.8 Å². The van der Waals surface area contributed by atoms with Crippen LogP contribution < -0.4 is 24.3 Å². The van der Waals surface area contributed by atoms with E-state index in [1.54, 1.807) is 30.3 Å². The van der Waals surface area contributed by atoms with Crippen molar-refractivity contribution in [3.05, 3.63) is 35.4 Å². The second-order valence-corrected chi connectivity index (χ2v) is 6.75. The zero-order valence-corrected chi connectivity index (χ0v) is 19.4. The molecule has 1 unspecified atom stereocenters. The van der Waals surface area contributed by atoms with E-state index in [-0.39, 0.29) is 22.1 Å². The van der Waals surface area contributed by atoms with E-state index in [1.165, 1.54) is 21.1 Å². The second-order valence-electron chi connectivity index (χ2n) is 6.34. The molecule has 2 aromatic rings. The van der Waals surface area contributed by atoms with Crippen molar-refractivity contribution in [2.75, 3.05) is 32.8 Å². The molecule has 32 heavy (non-hydrogen) atoms. The van der Waals surface area contributed by atoms with Gasteiger partial charge in [0.05, 0.1) is 32.5 Å². The molecule has 1 atom stereocenters. The maximum Gasteiger partial charge on any atom is 0.259 e. The number of Topliss-reactive ketones (excluding diaryl/α,β-unsaturated/α-hetero) is 1. The molecule has 0 aromatic heterocycles. The van der Waals surface area contributed by atoms with Gasteiger partial charge in [-0.25, -0.2) is 0 Å². The third kappa shape index (κ3) is 5.88. The highest BCUT2D eigenvalue weighted by atomic mass is 35.5. The molecule has 0 fully saturated rings. The molecule has 1 N–H and O–H groups in total. The van der Waals surface area contributed by atoms with Gasteiger partial charge in [0.15, 0.2) is 28.7 Å². The molecule has 0 saturated heterocycles. The first kappa shape index (κ1) is 24.9. The zero-order chi connectivity index (χ0) is 23.7. The molecule has 0 radical (unpaired) electrons. The minimum absolute atomic E-state index is 0.179. The number of benzene rings is 2. The number of ketones is 1. The number of hydrogen-bond donors (Lipinski definition) is 1. The van der Waals surface area contributed by atoms with Crippen LogP contribution in [0.2, 0.25) is 5.02 Å². The van der Waals surface area contributed by atoms with Crippen molar-refractivity contribution in [1.82, 2.24) is 0 Å². The third-order valence-electron chi connectivity index (χ3n) is 4.21. The van der Waals surface area contributed by atoms with Gasteiger partial charge in [0.25, 0.3) is 5.91 Å². The van der Waals surface area contributed by atoms with Crippen LogP contribution in [0.3, 0.4) is 0 Å². The number of methoxy groups -OCH3 is 2. The van der Waals surface area contributed by atoms with Gasteiger partial charge < -0.3 is 24.3 Å². The fourth-order valence-corrected chi connectivity index (χ4v) is 3.03. The predicted octanol–water partition coefficient (Wildman–Crippen LogP) is 4.83. The fourth-order valence-electron chi connectivity index (χ4n) is 2.80. The topological polar surface area (TPSA) is 108 Å². The Kier molecular flexibility index (Phi) is 9.27. The lowest BCUT2D eigenvalue weighted by molar-refractivity contribution is -0.126. The first-order valence-electron chi connectivity index (χ1n) is 9.89. The molecule has 2 rings (SSSR count). The molecule has 0 bridgehead atoms. The SMILES string of the molecule is CCOc1cccc(OCC)c1N=NC(C(C)=O)C(=O)Nc1c(OC)ccc(Cl)c1OC. The van der Waals surface area contributed by atoms with Crippen molar-refractivity contribution in [3.63, 3.8) is 0 Å². The molecule has 0 saturated carbocycles. The van der Waals surface area contributed by atoms with E-state index in [9.17, 15) is 9.59 Å². The van der Waals surface area contributed by atoms with Gasteiger partial charge in [-0.15, -0.1) is 5.11 Å².